The van der Waals surface area contributed by atoms with E-state index in [1.807, 2.05) is 18.2 Å². The van der Waals surface area contributed by atoms with Crippen LogP contribution in [0.5, 0.6) is 5.75 Å². The van der Waals surface area contributed by atoms with Crippen LogP contribution in [0.25, 0.3) is 0 Å². The van der Waals surface area contributed by atoms with Crippen LogP contribution in [0.3, 0.4) is 0 Å². The Labute approximate surface area is 86.4 Å². The van der Waals surface area contributed by atoms with Gasteiger partial charge in [0.25, 0.3) is 0 Å². The molecule has 0 aliphatic carbocycles. The average molecular weight is 190 g/mol. The molecule has 0 saturated carbocycles. The second-order valence-corrected chi connectivity index (χ2v) is 3.28. The third-order valence-corrected chi connectivity index (χ3v) is 2.05. The molecule has 1 aromatic carbocycles. The molecule has 1 nitrogen and oxygen atoms in total. The summed E-state index contributed by atoms with van der Waals surface area (Å²) in [7, 11) is 0. The van der Waals surface area contributed by atoms with E-state index in [0.717, 1.165) is 31.6 Å². The van der Waals surface area contributed by atoms with Crippen LogP contribution >= 0.6 is 0 Å². The number of para-hydroxylation sites is 1. The van der Waals surface area contributed by atoms with Crippen LogP contribution in [0.2, 0.25) is 0 Å². The van der Waals surface area contributed by atoms with Crippen molar-refractivity contribution in [2.24, 2.45) is 0 Å². The van der Waals surface area contributed by atoms with Gasteiger partial charge in [0.2, 0.25) is 0 Å². The highest BCUT2D eigenvalue weighted by Gasteiger charge is 2.00. The predicted molar refractivity (Wildman–Crippen MR) is 60.7 cm³/mol. The molecule has 0 heterocycles. The van der Waals surface area contributed by atoms with E-state index >= 15 is 0 Å². The molecule has 0 spiro atoms. The Balaban J connectivity index is 2.64. The highest BCUT2D eigenvalue weighted by Crippen LogP contribution is 2.19. The van der Waals surface area contributed by atoms with Crippen LogP contribution in [0.4, 0.5) is 0 Å². The van der Waals surface area contributed by atoms with E-state index in [9.17, 15) is 0 Å². The molecule has 0 N–H and O–H groups in total. The lowest BCUT2D eigenvalue weighted by Crippen LogP contribution is -1.98. The first-order chi connectivity index (χ1) is 6.88. The van der Waals surface area contributed by atoms with Gasteiger partial charge in [-0.15, -0.1) is 6.58 Å². The van der Waals surface area contributed by atoms with Crippen LogP contribution in [-0.2, 0) is 6.42 Å². The first kappa shape index (κ1) is 10.8. The molecule has 0 amide bonds. The lowest BCUT2D eigenvalue weighted by Gasteiger charge is -2.09. The first-order valence-corrected chi connectivity index (χ1v) is 5.20. The highest BCUT2D eigenvalue weighted by molar-refractivity contribution is 5.33. The number of hydrogen-bond donors (Lipinski definition) is 0. The Morgan fingerprint density at radius 1 is 1.36 bits per heavy atom. The summed E-state index contributed by atoms with van der Waals surface area (Å²) in [6, 6.07) is 8.22. The van der Waals surface area contributed by atoms with E-state index < -0.39 is 0 Å². The summed E-state index contributed by atoms with van der Waals surface area (Å²) in [6.45, 7) is 6.64. The van der Waals surface area contributed by atoms with Crippen LogP contribution < -0.4 is 4.74 Å². The summed E-state index contributed by atoms with van der Waals surface area (Å²) < 4.78 is 5.65. The highest BCUT2D eigenvalue weighted by atomic mass is 16.5. The number of benzene rings is 1. The molecule has 1 rings (SSSR count). The van der Waals surface area contributed by atoms with Gasteiger partial charge in [0.1, 0.15) is 5.75 Å². The van der Waals surface area contributed by atoms with Crippen LogP contribution in [0.15, 0.2) is 36.9 Å². The van der Waals surface area contributed by atoms with E-state index in [2.05, 4.69) is 25.6 Å². The summed E-state index contributed by atoms with van der Waals surface area (Å²) >= 11 is 0. The van der Waals surface area contributed by atoms with Gasteiger partial charge in [-0.2, -0.15) is 0 Å². The lowest BCUT2D eigenvalue weighted by atomic mass is 10.1. The van der Waals surface area contributed by atoms with Gasteiger partial charge in [-0.3, -0.25) is 0 Å². The molecule has 0 radical (unpaired) electrons. The smallest absolute Gasteiger partial charge is 0.122 e. The van der Waals surface area contributed by atoms with Crippen molar-refractivity contribution in [2.75, 3.05) is 6.61 Å². The molecular weight excluding hydrogens is 172 g/mol. The van der Waals surface area contributed by atoms with Crippen molar-refractivity contribution in [3.05, 3.63) is 42.5 Å². The van der Waals surface area contributed by atoms with Gasteiger partial charge in [0.15, 0.2) is 0 Å². The predicted octanol–water partition coefficient (Wildman–Crippen LogP) is 3.59. The van der Waals surface area contributed by atoms with Gasteiger partial charge in [-0.25, -0.2) is 0 Å². The third-order valence-electron chi connectivity index (χ3n) is 2.05. The molecule has 14 heavy (non-hydrogen) atoms. The number of ether oxygens (including phenoxy) is 1. The summed E-state index contributed by atoms with van der Waals surface area (Å²) in [5.41, 5.74) is 1.28. The lowest BCUT2D eigenvalue weighted by molar-refractivity contribution is 0.314. The van der Waals surface area contributed by atoms with Gasteiger partial charge in [0.05, 0.1) is 6.61 Å². The summed E-state index contributed by atoms with van der Waals surface area (Å²) in [4.78, 5) is 0. The molecule has 0 bridgehead atoms. The van der Waals surface area contributed by atoms with E-state index in [4.69, 9.17) is 4.74 Å². The van der Waals surface area contributed by atoms with Crippen molar-refractivity contribution in [3.63, 3.8) is 0 Å². The molecule has 0 aliphatic rings. The zero-order valence-corrected chi connectivity index (χ0v) is 8.83. The third kappa shape index (κ3) is 3.25. The van der Waals surface area contributed by atoms with Crippen molar-refractivity contribution in [3.8, 4) is 5.75 Å². The maximum absolute atomic E-state index is 5.65. The van der Waals surface area contributed by atoms with Gasteiger partial charge >= 0.3 is 0 Å². The fraction of sp³-hybridized carbons (Fsp3) is 0.385. The first-order valence-electron chi connectivity index (χ1n) is 5.20. The van der Waals surface area contributed by atoms with Gasteiger partial charge < -0.3 is 4.74 Å². The molecule has 0 aliphatic heterocycles. The average Bonchev–Trinajstić information content (AvgIpc) is 2.24. The number of aryl methyl sites for hydroxylation is 1. The Kier molecular flexibility index (Phi) is 4.84. The molecular formula is C13H18O. The Morgan fingerprint density at radius 2 is 2.14 bits per heavy atom. The number of allylic oxidation sites excluding steroid dienone is 1. The normalized spacial score (nSPS) is 9.79. The summed E-state index contributed by atoms with van der Waals surface area (Å²) in [5, 5.41) is 0. The van der Waals surface area contributed by atoms with Crippen LogP contribution in [-0.4, -0.2) is 6.61 Å². The van der Waals surface area contributed by atoms with Crippen molar-refractivity contribution < 1.29 is 4.74 Å². The molecule has 76 valence electrons. The summed E-state index contributed by atoms with van der Waals surface area (Å²) in [6.07, 6.45) is 5.02. The second kappa shape index (κ2) is 6.25. The Morgan fingerprint density at radius 3 is 2.86 bits per heavy atom. The Hall–Kier alpha value is -1.24. The van der Waals surface area contributed by atoms with Crippen molar-refractivity contribution in [1.29, 1.82) is 0 Å². The maximum atomic E-state index is 5.65. The molecule has 0 unspecified atom stereocenters. The zero-order valence-electron chi connectivity index (χ0n) is 8.83. The quantitative estimate of drug-likeness (QED) is 0.623. The van der Waals surface area contributed by atoms with E-state index in [-0.39, 0.29) is 0 Å². The number of rotatable bonds is 6. The topological polar surface area (TPSA) is 9.23 Å². The standard InChI is InChI=1S/C13H18O/c1-3-5-8-12-9-6-7-10-13(12)14-11-4-2/h3,6-7,9-10H,1,4-5,8,11H2,2H3. The molecule has 1 aromatic rings. The SMILES string of the molecule is C=CCCc1ccccc1OCCC. The van der Waals surface area contributed by atoms with Gasteiger partial charge in [0, 0.05) is 0 Å². The second-order valence-electron chi connectivity index (χ2n) is 3.28. The van der Waals surface area contributed by atoms with Gasteiger partial charge in [-0.1, -0.05) is 31.2 Å². The minimum Gasteiger partial charge on any atom is -0.493 e. The zero-order chi connectivity index (χ0) is 10.2. The van der Waals surface area contributed by atoms with Crippen molar-refractivity contribution >= 4 is 0 Å². The van der Waals surface area contributed by atoms with Crippen molar-refractivity contribution in [1.82, 2.24) is 0 Å². The molecule has 0 saturated heterocycles. The Bertz CT molecular complexity index is 278. The molecule has 0 fully saturated rings. The largest absolute Gasteiger partial charge is 0.493 e. The monoisotopic (exact) mass is 190 g/mol. The number of hydrogen-bond acceptors (Lipinski definition) is 1. The van der Waals surface area contributed by atoms with E-state index in [0.29, 0.717) is 0 Å². The molecule has 0 atom stereocenters. The minimum atomic E-state index is 0.797. The molecule has 1 heteroatoms. The van der Waals surface area contributed by atoms with E-state index in [1.54, 1.807) is 0 Å². The maximum Gasteiger partial charge on any atom is 0.122 e. The minimum absolute atomic E-state index is 0.797. The van der Waals surface area contributed by atoms with Crippen LogP contribution in [0, 0.1) is 0 Å². The molecule has 0 aromatic heterocycles. The fourth-order valence-electron chi connectivity index (χ4n) is 1.32. The van der Waals surface area contributed by atoms with Crippen LogP contribution in [0.1, 0.15) is 25.3 Å². The summed E-state index contributed by atoms with van der Waals surface area (Å²) in [5.74, 6) is 1.02. The van der Waals surface area contributed by atoms with Gasteiger partial charge in [-0.05, 0) is 30.9 Å². The van der Waals surface area contributed by atoms with Crippen molar-refractivity contribution in [2.45, 2.75) is 26.2 Å². The fourth-order valence-corrected chi connectivity index (χ4v) is 1.32. The van der Waals surface area contributed by atoms with E-state index in [1.165, 1.54) is 5.56 Å².